The Morgan fingerprint density at radius 2 is 2.07 bits per heavy atom. The van der Waals surface area contributed by atoms with E-state index in [1.165, 1.54) is 4.88 Å². The Labute approximate surface area is 164 Å². The van der Waals surface area contributed by atoms with Crippen molar-refractivity contribution in [3.05, 3.63) is 40.6 Å². The van der Waals surface area contributed by atoms with Crippen LogP contribution in [0.4, 0.5) is 10.5 Å². The van der Waals surface area contributed by atoms with E-state index in [0.29, 0.717) is 36.9 Å². The quantitative estimate of drug-likeness (QED) is 0.776. The molecule has 146 valence electrons. The fourth-order valence-corrected chi connectivity index (χ4v) is 3.92. The lowest BCUT2D eigenvalue weighted by Crippen LogP contribution is -2.46. The topological polar surface area (TPSA) is 60.0 Å². The van der Waals surface area contributed by atoms with Crippen LogP contribution in [0, 0.1) is 0 Å². The summed E-state index contributed by atoms with van der Waals surface area (Å²) in [6, 6.07) is 9.60. The molecular formula is C20H26N2O4S. The molecule has 1 aromatic carbocycles. The summed E-state index contributed by atoms with van der Waals surface area (Å²) in [4.78, 5) is 16.3. The van der Waals surface area contributed by atoms with Gasteiger partial charge in [-0.15, -0.1) is 11.3 Å². The number of ether oxygens (including phenoxy) is 3. The van der Waals surface area contributed by atoms with Crippen LogP contribution in [0.15, 0.2) is 35.7 Å². The van der Waals surface area contributed by atoms with Gasteiger partial charge in [-0.05, 0) is 42.8 Å². The number of hydrogen-bond acceptors (Lipinski definition) is 5. The number of anilines is 1. The number of thiophene rings is 1. The molecule has 27 heavy (non-hydrogen) atoms. The molecule has 0 spiro atoms. The Balaban J connectivity index is 1.73. The minimum Gasteiger partial charge on any atom is -0.497 e. The summed E-state index contributed by atoms with van der Waals surface area (Å²) in [5, 5.41) is 5.08. The van der Waals surface area contributed by atoms with Crippen molar-refractivity contribution in [1.82, 2.24) is 4.90 Å². The van der Waals surface area contributed by atoms with Crippen LogP contribution < -0.4 is 14.8 Å². The maximum Gasteiger partial charge on any atom is 0.322 e. The van der Waals surface area contributed by atoms with Gasteiger partial charge in [0, 0.05) is 36.7 Å². The zero-order chi connectivity index (χ0) is 19.1. The molecule has 1 saturated heterocycles. The van der Waals surface area contributed by atoms with Crippen molar-refractivity contribution < 1.29 is 19.0 Å². The number of nitrogens with zero attached hydrogens (tertiary/aromatic N) is 1. The van der Waals surface area contributed by atoms with Crippen molar-refractivity contribution in [2.45, 2.75) is 25.3 Å². The Hall–Kier alpha value is -2.25. The lowest BCUT2D eigenvalue weighted by Gasteiger charge is -2.34. The average molecular weight is 391 g/mol. The maximum atomic E-state index is 13.1. The molecule has 0 radical (unpaired) electrons. The van der Waals surface area contributed by atoms with E-state index in [1.807, 2.05) is 17.0 Å². The molecule has 3 rings (SSSR count). The van der Waals surface area contributed by atoms with Crippen molar-refractivity contribution >= 4 is 23.1 Å². The minimum absolute atomic E-state index is 0.109. The lowest BCUT2D eigenvalue weighted by molar-refractivity contribution is 0.0483. The second-order valence-electron chi connectivity index (χ2n) is 6.36. The number of hydrogen-bond donors (Lipinski definition) is 1. The van der Waals surface area contributed by atoms with Crippen LogP contribution in [0.25, 0.3) is 0 Å². The number of carbonyl (C=O) groups is 1. The van der Waals surface area contributed by atoms with Gasteiger partial charge in [0.05, 0.1) is 19.9 Å². The van der Waals surface area contributed by atoms with Crippen molar-refractivity contribution in [3.63, 3.8) is 0 Å². The van der Waals surface area contributed by atoms with E-state index in [9.17, 15) is 4.79 Å². The Bertz CT molecular complexity index is 730. The second-order valence-corrected chi connectivity index (χ2v) is 7.39. The summed E-state index contributed by atoms with van der Waals surface area (Å²) in [5.41, 5.74) is 0.636. The molecule has 2 aromatic rings. The molecule has 7 heteroatoms. The molecule has 1 aromatic heterocycles. The molecule has 6 nitrogen and oxygen atoms in total. The molecule has 2 amide bonds. The zero-order valence-electron chi connectivity index (χ0n) is 15.8. The van der Waals surface area contributed by atoms with E-state index in [0.717, 1.165) is 19.3 Å². The predicted molar refractivity (Wildman–Crippen MR) is 107 cm³/mol. The number of rotatable bonds is 7. The number of nitrogens with one attached hydrogen (secondary N) is 1. The van der Waals surface area contributed by atoms with Crippen LogP contribution in [-0.4, -0.2) is 51.0 Å². The summed E-state index contributed by atoms with van der Waals surface area (Å²) in [6.07, 6.45) is 2.57. The highest BCUT2D eigenvalue weighted by Crippen LogP contribution is 2.29. The third kappa shape index (κ3) is 5.14. The van der Waals surface area contributed by atoms with E-state index in [4.69, 9.17) is 14.2 Å². The smallest absolute Gasteiger partial charge is 0.322 e. The zero-order valence-corrected chi connectivity index (χ0v) is 16.6. The van der Waals surface area contributed by atoms with Crippen molar-refractivity contribution in [1.29, 1.82) is 0 Å². The fourth-order valence-electron chi connectivity index (χ4n) is 3.22. The molecule has 1 fully saturated rings. The minimum atomic E-state index is -0.109. The van der Waals surface area contributed by atoms with Crippen molar-refractivity contribution in [3.8, 4) is 11.5 Å². The summed E-state index contributed by atoms with van der Waals surface area (Å²) in [7, 11) is 3.18. The summed E-state index contributed by atoms with van der Waals surface area (Å²) in [6.45, 7) is 2.06. The monoisotopic (exact) mass is 390 g/mol. The number of carbonyl (C=O) groups excluding carboxylic acids is 1. The number of urea groups is 1. The molecule has 2 heterocycles. The van der Waals surface area contributed by atoms with Gasteiger partial charge < -0.3 is 24.4 Å². The third-order valence-electron chi connectivity index (χ3n) is 4.72. The maximum absolute atomic E-state index is 13.1. The van der Waals surface area contributed by atoms with Crippen molar-refractivity contribution in [2.75, 3.05) is 39.3 Å². The van der Waals surface area contributed by atoms with Gasteiger partial charge in [0.2, 0.25) is 0 Å². The van der Waals surface area contributed by atoms with Gasteiger partial charge in [-0.3, -0.25) is 0 Å². The first-order valence-electron chi connectivity index (χ1n) is 9.11. The average Bonchev–Trinajstić information content (AvgIpc) is 3.23. The van der Waals surface area contributed by atoms with Crippen LogP contribution in [0.1, 0.15) is 17.7 Å². The predicted octanol–water partition coefficient (Wildman–Crippen LogP) is 4.02. The number of amides is 2. The van der Waals surface area contributed by atoms with Gasteiger partial charge in [0.25, 0.3) is 0 Å². The van der Waals surface area contributed by atoms with Crippen LogP contribution in [0.2, 0.25) is 0 Å². The molecule has 0 bridgehead atoms. The Morgan fingerprint density at radius 1 is 1.26 bits per heavy atom. The third-order valence-corrected chi connectivity index (χ3v) is 5.66. The van der Waals surface area contributed by atoms with E-state index < -0.39 is 0 Å². The van der Waals surface area contributed by atoms with E-state index in [-0.39, 0.29) is 12.1 Å². The SMILES string of the molecule is COc1ccc(NC(=O)N(CCc2cccs2)C2CCOCC2)c(OC)c1. The van der Waals surface area contributed by atoms with Crippen LogP contribution >= 0.6 is 11.3 Å². The van der Waals surface area contributed by atoms with Crippen LogP contribution in [-0.2, 0) is 11.2 Å². The van der Waals surface area contributed by atoms with Crippen LogP contribution in [0.3, 0.4) is 0 Å². The standard InChI is InChI=1S/C20H26N2O4S/c1-24-16-5-6-18(19(14-16)25-2)21-20(23)22(15-8-11-26-12-9-15)10-7-17-4-3-13-27-17/h3-6,13-15H,7-12H2,1-2H3,(H,21,23). The molecule has 0 aliphatic carbocycles. The highest BCUT2D eigenvalue weighted by Gasteiger charge is 2.26. The van der Waals surface area contributed by atoms with Gasteiger partial charge in [-0.2, -0.15) is 0 Å². The second kappa shape index (κ2) is 9.62. The van der Waals surface area contributed by atoms with Gasteiger partial charge in [0.1, 0.15) is 11.5 Å². The van der Waals surface area contributed by atoms with Gasteiger partial charge >= 0.3 is 6.03 Å². The Morgan fingerprint density at radius 3 is 2.74 bits per heavy atom. The summed E-state index contributed by atoms with van der Waals surface area (Å²) in [5.74, 6) is 1.26. The van der Waals surface area contributed by atoms with Crippen molar-refractivity contribution in [2.24, 2.45) is 0 Å². The molecular weight excluding hydrogens is 364 g/mol. The van der Waals surface area contributed by atoms with E-state index >= 15 is 0 Å². The van der Waals surface area contributed by atoms with Gasteiger partial charge in [0.15, 0.2) is 0 Å². The fraction of sp³-hybridized carbons (Fsp3) is 0.450. The lowest BCUT2D eigenvalue weighted by atomic mass is 10.1. The first-order valence-corrected chi connectivity index (χ1v) is 9.99. The van der Waals surface area contributed by atoms with Gasteiger partial charge in [-0.1, -0.05) is 6.07 Å². The molecule has 1 aliphatic heterocycles. The highest BCUT2D eigenvalue weighted by atomic mass is 32.1. The number of benzene rings is 1. The molecule has 0 atom stereocenters. The first kappa shape index (κ1) is 19.5. The normalized spacial score (nSPS) is 14.6. The first-order chi connectivity index (χ1) is 13.2. The van der Waals surface area contributed by atoms with E-state index in [2.05, 4.69) is 16.8 Å². The number of methoxy groups -OCH3 is 2. The molecule has 0 saturated carbocycles. The summed E-state index contributed by atoms with van der Waals surface area (Å²) < 4.78 is 16.1. The molecule has 1 N–H and O–H groups in total. The summed E-state index contributed by atoms with van der Waals surface area (Å²) >= 11 is 1.72. The van der Waals surface area contributed by atoms with Gasteiger partial charge in [-0.25, -0.2) is 4.79 Å². The van der Waals surface area contributed by atoms with Crippen LogP contribution in [0.5, 0.6) is 11.5 Å². The van der Waals surface area contributed by atoms with E-state index in [1.54, 1.807) is 37.7 Å². The Kier molecular flexibility index (Phi) is 6.95. The molecule has 1 aliphatic rings. The molecule has 0 unspecified atom stereocenters. The highest BCUT2D eigenvalue weighted by molar-refractivity contribution is 7.09. The largest absolute Gasteiger partial charge is 0.497 e.